The fraction of sp³-hybridized carbons (Fsp3) is 0.600. The summed E-state index contributed by atoms with van der Waals surface area (Å²) < 4.78 is 7.05. The van der Waals surface area contributed by atoms with Crippen molar-refractivity contribution in [3.8, 4) is 0 Å². The molecule has 0 aliphatic heterocycles. The van der Waals surface area contributed by atoms with Crippen molar-refractivity contribution in [2.45, 2.75) is 75.4 Å². The predicted molar refractivity (Wildman–Crippen MR) is 92.5 cm³/mol. The number of hydrogen-bond acceptors (Lipinski definition) is 1. The highest BCUT2D eigenvalue weighted by Gasteiger charge is 2.45. The van der Waals surface area contributed by atoms with E-state index in [1.165, 1.54) is 62.8 Å². The van der Waals surface area contributed by atoms with Crippen LogP contribution < -0.4 is 0 Å². The second-order valence-electron chi connectivity index (χ2n) is 7.63. The van der Waals surface area contributed by atoms with E-state index in [4.69, 9.17) is 4.74 Å². The normalized spacial score (nSPS) is 22.6. The van der Waals surface area contributed by atoms with E-state index in [1.807, 2.05) is 12.4 Å². The molecule has 0 amide bonds. The Bertz CT molecular complexity index is 533. The lowest BCUT2D eigenvalue weighted by molar-refractivity contribution is -0.152. The molecule has 0 atom stereocenters. The van der Waals surface area contributed by atoms with Gasteiger partial charge in [0, 0.05) is 36.6 Å². The summed E-state index contributed by atoms with van der Waals surface area (Å²) in [5.41, 5.74) is 2.73. The zero-order valence-corrected chi connectivity index (χ0v) is 13.9. The zero-order valence-electron chi connectivity index (χ0n) is 13.9. The van der Waals surface area contributed by atoms with Crippen LogP contribution >= 0.6 is 0 Å². The molecule has 2 aliphatic rings. The molecule has 3 heteroatoms. The van der Waals surface area contributed by atoms with Crippen molar-refractivity contribution in [3.05, 3.63) is 48.0 Å². The SMILES string of the molecule is c1c[nH]c(CC2(OC3(Cc4ccc[nH]4)CCCC3)CCCC2)c1. The van der Waals surface area contributed by atoms with Gasteiger partial charge in [-0.15, -0.1) is 0 Å². The van der Waals surface area contributed by atoms with Gasteiger partial charge in [-0.2, -0.15) is 0 Å². The monoisotopic (exact) mass is 312 g/mol. The van der Waals surface area contributed by atoms with Gasteiger partial charge in [-0.3, -0.25) is 0 Å². The van der Waals surface area contributed by atoms with Gasteiger partial charge in [-0.25, -0.2) is 0 Å². The summed E-state index contributed by atoms with van der Waals surface area (Å²) in [6.45, 7) is 0. The fourth-order valence-electron chi connectivity index (χ4n) is 4.78. The van der Waals surface area contributed by atoms with E-state index in [0.717, 1.165) is 12.8 Å². The molecule has 4 rings (SSSR count). The molecule has 0 aromatic carbocycles. The van der Waals surface area contributed by atoms with Crippen LogP contribution in [0.1, 0.15) is 62.8 Å². The van der Waals surface area contributed by atoms with Gasteiger partial charge in [0.1, 0.15) is 0 Å². The van der Waals surface area contributed by atoms with Crippen LogP contribution in [0.25, 0.3) is 0 Å². The minimum absolute atomic E-state index is 0.0434. The van der Waals surface area contributed by atoms with Gasteiger partial charge in [0.25, 0.3) is 0 Å². The quantitative estimate of drug-likeness (QED) is 0.792. The van der Waals surface area contributed by atoms with Crippen molar-refractivity contribution in [1.82, 2.24) is 9.97 Å². The first-order chi connectivity index (χ1) is 11.3. The fourth-order valence-corrected chi connectivity index (χ4v) is 4.78. The molecule has 2 N–H and O–H groups in total. The summed E-state index contributed by atoms with van der Waals surface area (Å²) in [7, 11) is 0. The van der Waals surface area contributed by atoms with Gasteiger partial charge in [0.2, 0.25) is 0 Å². The first kappa shape index (κ1) is 15.1. The maximum absolute atomic E-state index is 7.05. The molecule has 2 saturated carbocycles. The van der Waals surface area contributed by atoms with Gasteiger partial charge < -0.3 is 14.7 Å². The first-order valence-electron chi connectivity index (χ1n) is 9.22. The molecule has 0 bridgehead atoms. The highest BCUT2D eigenvalue weighted by atomic mass is 16.5. The number of nitrogens with one attached hydrogen (secondary N) is 2. The summed E-state index contributed by atoms with van der Waals surface area (Å²) in [6, 6.07) is 8.61. The summed E-state index contributed by atoms with van der Waals surface area (Å²) in [4.78, 5) is 6.77. The van der Waals surface area contributed by atoms with Crippen molar-refractivity contribution in [2.24, 2.45) is 0 Å². The standard InChI is InChI=1S/C20H28N2O/c1-2-10-19(9-1,15-17-7-5-13-21-17)23-20(11-3-4-12-20)16-18-8-6-14-22-18/h5-8,13-14,21-22H,1-4,9-12,15-16H2. The van der Waals surface area contributed by atoms with Crippen LogP contribution in [0.15, 0.2) is 36.7 Å². The van der Waals surface area contributed by atoms with Gasteiger partial charge in [0.05, 0.1) is 11.2 Å². The Hall–Kier alpha value is -1.48. The number of hydrogen-bond donors (Lipinski definition) is 2. The highest BCUT2D eigenvalue weighted by molar-refractivity contribution is 5.12. The van der Waals surface area contributed by atoms with Gasteiger partial charge in [-0.05, 0) is 49.9 Å². The van der Waals surface area contributed by atoms with Gasteiger partial charge in [-0.1, -0.05) is 25.7 Å². The van der Waals surface area contributed by atoms with E-state index < -0.39 is 0 Å². The summed E-state index contributed by atoms with van der Waals surface area (Å²) in [6.07, 6.45) is 16.2. The lowest BCUT2D eigenvalue weighted by atomic mass is 9.90. The lowest BCUT2D eigenvalue weighted by Gasteiger charge is -2.40. The highest BCUT2D eigenvalue weighted by Crippen LogP contribution is 2.45. The molecule has 0 unspecified atom stereocenters. The van der Waals surface area contributed by atoms with E-state index in [9.17, 15) is 0 Å². The number of rotatable bonds is 6. The van der Waals surface area contributed by atoms with E-state index >= 15 is 0 Å². The Morgan fingerprint density at radius 3 is 1.52 bits per heavy atom. The van der Waals surface area contributed by atoms with E-state index in [2.05, 4.69) is 34.2 Å². The van der Waals surface area contributed by atoms with Crippen LogP contribution in [0.3, 0.4) is 0 Å². The Balaban J connectivity index is 1.56. The Labute approximate surface area is 138 Å². The summed E-state index contributed by atoms with van der Waals surface area (Å²) in [5.74, 6) is 0. The predicted octanol–water partition coefficient (Wildman–Crippen LogP) is 4.77. The number of H-pyrrole nitrogens is 2. The topological polar surface area (TPSA) is 40.8 Å². The molecule has 0 saturated heterocycles. The zero-order chi connectivity index (χ0) is 15.6. The lowest BCUT2D eigenvalue weighted by Crippen LogP contribution is -2.44. The third kappa shape index (κ3) is 3.25. The number of aromatic amines is 2. The van der Waals surface area contributed by atoms with Crippen molar-refractivity contribution < 1.29 is 4.74 Å². The molecule has 0 radical (unpaired) electrons. The van der Waals surface area contributed by atoms with Crippen LogP contribution in [0.4, 0.5) is 0 Å². The molecule has 2 aromatic heterocycles. The maximum Gasteiger partial charge on any atom is 0.0744 e. The molecule has 3 nitrogen and oxygen atoms in total. The van der Waals surface area contributed by atoms with Crippen molar-refractivity contribution in [2.75, 3.05) is 0 Å². The summed E-state index contributed by atoms with van der Waals surface area (Å²) >= 11 is 0. The van der Waals surface area contributed by atoms with Crippen molar-refractivity contribution in [3.63, 3.8) is 0 Å². The van der Waals surface area contributed by atoms with E-state index in [1.54, 1.807) is 0 Å². The molecule has 2 aliphatic carbocycles. The van der Waals surface area contributed by atoms with Crippen LogP contribution in [-0.2, 0) is 17.6 Å². The second kappa shape index (κ2) is 6.20. The van der Waals surface area contributed by atoms with Gasteiger partial charge >= 0.3 is 0 Å². The molecule has 23 heavy (non-hydrogen) atoms. The third-order valence-electron chi connectivity index (χ3n) is 5.81. The molecule has 2 aromatic rings. The molecule has 2 heterocycles. The minimum atomic E-state index is 0.0434. The molecular weight excluding hydrogens is 284 g/mol. The van der Waals surface area contributed by atoms with Crippen LogP contribution in [0.2, 0.25) is 0 Å². The third-order valence-corrected chi connectivity index (χ3v) is 5.81. The minimum Gasteiger partial charge on any atom is -0.368 e. The molecule has 2 fully saturated rings. The molecular formula is C20H28N2O. The average molecular weight is 312 g/mol. The van der Waals surface area contributed by atoms with Gasteiger partial charge in [0.15, 0.2) is 0 Å². The van der Waals surface area contributed by atoms with Crippen molar-refractivity contribution in [1.29, 1.82) is 0 Å². The van der Waals surface area contributed by atoms with Crippen molar-refractivity contribution >= 4 is 0 Å². The Morgan fingerprint density at radius 1 is 0.739 bits per heavy atom. The number of aromatic nitrogens is 2. The second-order valence-corrected chi connectivity index (χ2v) is 7.63. The maximum atomic E-state index is 7.05. The van der Waals surface area contributed by atoms with Crippen LogP contribution in [0, 0.1) is 0 Å². The largest absolute Gasteiger partial charge is 0.368 e. The Kier molecular flexibility index (Phi) is 4.06. The van der Waals surface area contributed by atoms with E-state index in [-0.39, 0.29) is 11.2 Å². The van der Waals surface area contributed by atoms with Crippen LogP contribution in [-0.4, -0.2) is 21.2 Å². The van der Waals surface area contributed by atoms with Crippen LogP contribution in [0.5, 0.6) is 0 Å². The smallest absolute Gasteiger partial charge is 0.0744 e. The summed E-state index contributed by atoms with van der Waals surface area (Å²) in [5, 5.41) is 0. The first-order valence-corrected chi connectivity index (χ1v) is 9.22. The molecule has 0 spiro atoms. The molecule has 124 valence electrons. The van der Waals surface area contributed by atoms with E-state index in [0.29, 0.717) is 0 Å². The number of ether oxygens (including phenoxy) is 1. The average Bonchev–Trinajstić information content (AvgIpc) is 3.29. The Morgan fingerprint density at radius 2 is 1.17 bits per heavy atom.